The van der Waals surface area contributed by atoms with Gasteiger partial charge >= 0.3 is 0 Å². The molecular formula is C11H9N5O2S. The fraction of sp³-hybridized carbons (Fsp3) is 0. The molecule has 0 bridgehead atoms. The number of aromatic nitrogens is 4. The predicted octanol–water partition coefficient (Wildman–Crippen LogP) is 0.667. The maximum absolute atomic E-state index is 11.6. The number of imidazole rings is 1. The molecule has 0 aliphatic heterocycles. The zero-order valence-corrected chi connectivity index (χ0v) is 10.4. The normalized spacial score (nSPS) is 11.8. The van der Waals surface area contributed by atoms with E-state index in [1.165, 1.54) is 6.33 Å². The molecule has 0 unspecified atom stereocenters. The van der Waals surface area contributed by atoms with Gasteiger partial charge in [-0.3, -0.25) is 0 Å². The summed E-state index contributed by atoms with van der Waals surface area (Å²) in [5.74, 6) is 0.268. The van der Waals surface area contributed by atoms with Crippen molar-refractivity contribution >= 4 is 21.2 Å². The summed E-state index contributed by atoms with van der Waals surface area (Å²) in [5, 5.41) is 4.91. The van der Waals surface area contributed by atoms with Crippen molar-refractivity contribution < 1.29 is 8.42 Å². The molecule has 0 radical (unpaired) electrons. The van der Waals surface area contributed by atoms with Crippen LogP contribution in [0.2, 0.25) is 0 Å². The Morgan fingerprint density at radius 1 is 1.11 bits per heavy atom. The molecule has 0 saturated carbocycles. The van der Waals surface area contributed by atoms with E-state index in [9.17, 15) is 8.42 Å². The van der Waals surface area contributed by atoms with E-state index in [1.54, 1.807) is 12.1 Å². The van der Waals surface area contributed by atoms with Gasteiger partial charge in [0.15, 0.2) is 16.5 Å². The number of aromatic amines is 1. The largest absolute Gasteiger partial charge is 0.341 e. The number of H-pyrrole nitrogens is 1. The van der Waals surface area contributed by atoms with Crippen molar-refractivity contribution in [1.82, 2.24) is 19.9 Å². The molecule has 0 atom stereocenters. The molecule has 7 nitrogen and oxygen atoms in total. The molecule has 0 aliphatic carbocycles. The van der Waals surface area contributed by atoms with Crippen LogP contribution in [-0.2, 0) is 10.0 Å². The summed E-state index contributed by atoms with van der Waals surface area (Å²) in [4.78, 5) is 14.9. The van der Waals surface area contributed by atoms with Crippen LogP contribution < -0.4 is 5.14 Å². The van der Waals surface area contributed by atoms with Gasteiger partial charge in [-0.1, -0.05) is 30.3 Å². The number of sulfonamides is 1. The second kappa shape index (κ2) is 4.11. The summed E-state index contributed by atoms with van der Waals surface area (Å²) in [6, 6.07) is 9.02. The molecule has 0 spiro atoms. The summed E-state index contributed by atoms with van der Waals surface area (Å²) < 4.78 is 23.1. The van der Waals surface area contributed by atoms with Crippen LogP contribution in [0.15, 0.2) is 41.7 Å². The molecule has 8 heteroatoms. The van der Waals surface area contributed by atoms with E-state index < -0.39 is 10.0 Å². The first-order valence-corrected chi connectivity index (χ1v) is 6.90. The highest BCUT2D eigenvalue weighted by molar-refractivity contribution is 7.89. The molecule has 2 heterocycles. The number of nitrogens with one attached hydrogen (secondary N) is 1. The Labute approximate surface area is 108 Å². The highest BCUT2D eigenvalue weighted by atomic mass is 32.2. The zero-order valence-electron chi connectivity index (χ0n) is 9.61. The van der Waals surface area contributed by atoms with Crippen LogP contribution in [0.5, 0.6) is 0 Å². The topological polar surface area (TPSA) is 115 Å². The third-order valence-electron chi connectivity index (χ3n) is 2.55. The van der Waals surface area contributed by atoms with Crippen molar-refractivity contribution in [2.24, 2.45) is 5.14 Å². The van der Waals surface area contributed by atoms with Crippen molar-refractivity contribution in [2.45, 2.75) is 5.03 Å². The molecular weight excluding hydrogens is 266 g/mol. The molecule has 3 rings (SSSR count). The van der Waals surface area contributed by atoms with E-state index in [4.69, 9.17) is 5.14 Å². The van der Waals surface area contributed by atoms with Gasteiger partial charge in [0.2, 0.25) is 0 Å². The van der Waals surface area contributed by atoms with Crippen LogP contribution in [0.3, 0.4) is 0 Å². The molecule has 3 aromatic rings. The minimum atomic E-state index is -3.95. The predicted molar refractivity (Wildman–Crippen MR) is 68.5 cm³/mol. The van der Waals surface area contributed by atoms with E-state index >= 15 is 0 Å². The maximum Gasteiger partial charge on any atom is 0.257 e. The lowest BCUT2D eigenvalue weighted by molar-refractivity contribution is 0.595. The SMILES string of the molecule is NS(=O)(=O)c1nc(-c2ccccc2)nc2nc[nH]c12. The molecule has 2 aromatic heterocycles. The fourth-order valence-corrected chi connectivity index (χ4v) is 2.38. The van der Waals surface area contributed by atoms with Crippen LogP contribution in [0.4, 0.5) is 0 Å². The summed E-state index contributed by atoms with van der Waals surface area (Å²) in [6.07, 6.45) is 1.35. The monoisotopic (exact) mass is 275 g/mol. The lowest BCUT2D eigenvalue weighted by Crippen LogP contribution is -2.15. The molecule has 3 N–H and O–H groups in total. The number of benzene rings is 1. The standard InChI is InChI=1S/C11H9N5O2S/c12-19(17,18)11-8-10(14-6-13-8)15-9(16-11)7-4-2-1-3-5-7/h1-6H,(H2,12,17,18)(H,13,14,15,16). The van der Waals surface area contributed by atoms with Crippen molar-refractivity contribution in [3.05, 3.63) is 36.7 Å². The van der Waals surface area contributed by atoms with Gasteiger partial charge in [-0.15, -0.1) is 0 Å². The molecule has 1 aromatic carbocycles. The highest BCUT2D eigenvalue weighted by Crippen LogP contribution is 2.21. The van der Waals surface area contributed by atoms with Gasteiger partial charge in [-0.25, -0.2) is 28.5 Å². The van der Waals surface area contributed by atoms with Crippen LogP contribution in [0.25, 0.3) is 22.6 Å². The summed E-state index contributed by atoms with van der Waals surface area (Å²) in [7, 11) is -3.95. The van der Waals surface area contributed by atoms with Gasteiger partial charge in [-0.05, 0) is 0 Å². The third kappa shape index (κ3) is 2.07. The first-order valence-electron chi connectivity index (χ1n) is 5.35. The van der Waals surface area contributed by atoms with E-state index in [0.29, 0.717) is 5.56 Å². The molecule has 0 amide bonds. The third-order valence-corrected chi connectivity index (χ3v) is 3.39. The van der Waals surface area contributed by atoms with Crippen LogP contribution in [0.1, 0.15) is 0 Å². The Bertz CT molecular complexity index is 842. The van der Waals surface area contributed by atoms with Crippen LogP contribution in [-0.4, -0.2) is 28.4 Å². The Morgan fingerprint density at radius 3 is 2.53 bits per heavy atom. The van der Waals surface area contributed by atoms with E-state index in [-0.39, 0.29) is 22.0 Å². The van der Waals surface area contributed by atoms with Crippen molar-refractivity contribution in [3.63, 3.8) is 0 Å². The number of fused-ring (bicyclic) bond motifs is 1. The summed E-state index contributed by atoms with van der Waals surface area (Å²) in [6.45, 7) is 0. The Kier molecular flexibility index (Phi) is 2.54. The van der Waals surface area contributed by atoms with E-state index in [0.717, 1.165) is 0 Å². The van der Waals surface area contributed by atoms with Crippen molar-refractivity contribution in [1.29, 1.82) is 0 Å². The smallest absolute Gasteiger partial charge is 0.257 e. The molecule has 0 fully saturated rings. The van der Waals surface area contributed by atoms with Crippen LogP contribution >= 0.6 is 0 Å². The number of nitrogens with two attached hydrogens (primary N) is 1. The van der Waals surface area contributed by atoms with E-state index in [1.807, 2.05) is 18.2 Å². The van der Waals surface area contributed by atoms with Gasteiger partial charge in [0, 0.05) is 5.56 Å². The van der Waals surface area contributed by atoms with Crippen LogP contribution in [0, 0.1) is 0 Å². The summed E-state index contributed by atoms with van der Waals surface area (Å²) in [5.41, 5.74) is 1.16. The summed E-state index contributed by atoms with van der Waals surface area (Å²) >= 11 is 0. The first kappa shape index (κ1) is 11.8. The number of primary sulfonamides is 1. The van der Waals surface area contributed by atoms with Gasteiger partial charge in [0.05, 0.1) is 6.33 Å². The van der Waals surface area contributed by atoms with Crippen molar-refractivity contribution in [3.8, 4) is 11.4 Å². The zero-order chi connectivity index (χ0) is 13.5. The highest BCUT2D eigenvalue weighted by Gasteiger charge is 2.19. The Morgan fingerprint density at radius 2 is 1.84 bits per heavy atom. The Hall–Kier alpha value is -2.32. The number of hydrogen-bond acceptors (Lipinski definition) is 5. The lowest BCUT2D eigenvalue weighted by Gasteiger charge is -2.03. The first-order chi connectivity index (χ1) is 9.05. The number of nitrogens with zero attached hydrogens (tertiary/aromatic N) is 3. The number of rotatable bonds is 2. The minimum Gasteiger partial charge on any atom is -0.341 e. The van der Waals surface area contributed by atoms with Gasteiger partial charge < -0.3 is 4.98 Å². The average Bonchev–Trinajstić information content (AvgIpc) is 2.85. The lowest BCUT2D eigenvalue weighted by atomic mass is 10.2. The maximum atomic E-state index is 11.6. The van der Waals surface area contributed by atoms with Gasteiger partial charge in [0.1, 0.15) is 5.52 Å². The second-order valence-electron chi connectivity index (χ2n) is 3.86. The average molecular weight is 275 g/mol. The van der Waals surface area contributed by atoms with Gasteiger partial charge in [-0.2, -0.15) is 0 Å². The minimum absolute atomic E-state index is 0.210. The Balaban J connectivity index is 2.35. The molecule has 96 valence electrons. The fourth-order valence-electron chi connectivity index (χ4n) is 1.73. The molecule has 19 heavy (non-hydrogen) atoms. The molecule has 0 aliphatic rings. The quantitative estimate of drug-likeness (QED) is 0.667. The van der Waals surface area contributed by atoms with Gasteiger partial charge in [0.25, 0.3) is 10.0 Å². The van der Waals surface area contributed by atoms with Crippen molar-refractivity contribution in [2.75, 3.05) is 0 Å². The van der Waals surface area contributed by atoms with E-state index in [2.05, 4.69) is 19.9 Å². The second-order valence-corrected chi connectivity index (χ2v) is 5.34. The number of hydrogen-bond donors (Lipinski definition) is 2. The molecule has 0 saturated heterocycles.